The van der Waals surface area contributed by atoms with Gasteiger partial charge in [-0.15, -0.1) is 0 Å². The highest BCUT2D eigenvalue weighted by atomic mass is 19.1. The molecule has 0 aliphatic rings. The fourth-order valence-corrected chi connectivity index (χ4v) is 1.58. The van der Waals surface area contributed by atoms with Gasteiger partial charge in [0.1, 0.15) is 23.1 Å². The summed E-state index contributed by atoms with van der Waals surface area (Å²) in [7, 11) is 0. The zero-order valence-corrected chi connectivity index (χ0v) is 9.78. The minimum absolute atomic E-state index is 0.229. The Bertz CT molecular complexity index is 568. The molecule has 4 heteroatoms. The van der Waals surface area contributed by atoms with E-state index in [1.54, 1.807) is 13.0 Å². The highest BCUT2D eigenvalue weighted by Gasteiger charge is 2.06. The number of aryl methyl sites for hydroxylation is 1. The van der Waals surface area contributed by atoms with Crippen molar-refractivity contribution in [2.75, 3.05) is 0 Å². The standard InChI is InChI=1S/C14H12F2O2/c1-9-2-3-11(15)7-14(9)18-13-5-10(8-17)4-12(16)6-13/h2-7,17H,8H2,1H3. The average molecular weight is 250 g/mol. The molecule has 0 spiro atoms. The summed E-state index contributed by atoms with van der Waals surface area (Å²) >= 11 is 0. The van der Waals surface area contributed by atoms with Crippen LogP contribution in [0.4, 0.5) is 8.78 Å². The molecule has 0 aliphatic heterocycles. The van der Waals surface area contributed by atoms with Gasteiger partial charge in [0, 0.05) is 12.1 Å². The molecule has 0 bridgehead atoms. The van der Waals surface area contributed by atoms with Gasteiger partial charge < -0.3 is 9.84 Å². The predicted octanol–water partition coefficient (Wildman–Crippen LogP) is 3.56. The Morgan fingerprint density at radius 1 is 1.06 bits per heavy atom. The molecule has 0 saturated carbocycles. The molecule has 2 nitrogen and oxygen atoms in total. The van der Waals surface area contributed by atoms with Crippen molar-refractivity contribution in [3.63, 3.8) is 0 Å². The Hall–Kier alpha value is -1.94. The van der Waals surface area contributed by atoms with Crippen LogP contribution in [-0.2, 0) is 6.61 Å². The van der Waals surface area contributed by atoms with Gasteiger partial charge in [0.15, 0.2) is 0 Å². The van der Waals surface area contributed by atoms with Crippen LogP contribution in [0.2, 0.25) is 0 Å². The summed E-state index contributed by atoms with van der Waals surface area (Å²) in [5.41, 5.74) is 1.14. The zero-order chi connectivity index (χ0) is 13.1. The number of aliphatic hydroxyl groups is 1. The number of benzene rings is 2. The van der Waals surface area contributed by atoms with E-state index in [1.807, 2.05) is 0 Å². The molecule has 2 rings (SSSR count). The topological polar surface area (TPSA) is 29.5 Å². The van der Waals surface area contributed by atoms with Gasteiger partial charge >= 0.3 is 0 Å². The molecule has 0 saturated heterocycles. The van der Waals surface area contributed by atoms with Crippen molar-refractivity contribution in [2.24, 2.45) is 0 Å². The molecule has 0 heterocycles. The van der Waals surface area contributed by atoms with Crippen LogP contribution < -0.4 is 4.74 Å². The number of hydrogen-bond donors (Lipinski definition) is 1. The van der Waals surface area contributed by atoms with Gasteiger partial charge in [-0.25, -0.2) is 8.78 Å². The van der Waals surface area contributed by atoms with E-state index in [1.165, 1.54) is 30.3 Å². The molecule has 0 aromatic heterocycles. The van der Waals surface area contributed by atoms with Gasteiger partial charge in [0.05, 0.1) is 6.61 Å². The lowest BCUT2D eigenvalue weighted by atomic mass is 10.2. The quantitative estimate of drug-likeness (QED) is 0.902. The first kappa shape index (κ1) is 12.5. The molecule has 94 valence electrons. The van der Waals surface area contributed by atoms with Crippen LogP contribution in [0.3, 0.4) is 0 Å². The van der Waals surface area contributed by atoms with E-state index in [4.69, 9.17) is 9.84 Å². The molecule has 2 aromatic rings. The maximum Gasteiger partial charge on any atom is 0.133 e. The minimum Gasteiger partial charge on any atom is -0.457 e. The van der Waals surface area contributed by atoms with Gasteiger partial charge in [-0.2, -0.15) is 0 Å². The van der Waals surface area contributed by atoms with Crippen molar-refractivity contribution in [1.29, 1.82) is 0 Å². The maximum atomic E-state index is 13.2. The first-order valence-electron chi connectivity index (χ1n) is 5.43. The smallest absolute Gasteiger partial charge is 0.133 e. The molecule has 0 atom stereocenters. The zero-order valence-electron chi connectivity index (χ0n) is 9.78. The largest absolute Gasteiger partial charge is 0.457 e. The van der Waals surface area contributed by atoms with Crippen molar-refractivity contribution >= 4 is 0 Å². The maximum absolute atomic E-state index is 13.2. The summed E-state index contributed by atoms with van der Waals surface area (Å²) in [5.74, 6) is -0.378. The van der Waals surface area contributed by atoms with Crippen LogP contribution in [0.1, 0.15) is 11.1 Å². The number of ether oxygens (including phenoxy) is 1. The molecular weight excluding hydrogens is 238 g/mol. The lowest BCUT2D eigenvalue weighted by molar-refractivity contribution is 0.280. The summed E-state index contributed by atoms with van der Waals surface area (Å²) < 4.78 is 31.7. The summed E-state index contributed by atoms with van der Waals surface area (Å²) in [5, 5.41) is 8.97. The highest BCUT2D eigenvalue weighted by molar-refractivity contribution is 5.38. The van der Waals surface area contributed by atoms with Crippen molar-refractivity contribution in [3.05, 3.63) is 59.2 Å². The molecule has 0 fully saturated rings. The minimum atomic E-state index is -0.509. The van der Waals surface area contributed by atoms with Crippen LogP contribution >= 0.6 is 0 Å². The third kappa shape index (κ3) is 2.84. The van der Waals surface area contributed by atoms with Crippen LogP contribution in [-0.4, -0.2) is 5.11 Å². The summed E-state index contributed by atoms with van der Waals surface area (Å²) in [4.78, 5) is 0. The third-order valence-corrected chi connectivity index (χ3v) is 2.49. The van der Waals surface area contributed by atoms with E-state index in [0.717, 1.165) is 5.56 Å². The van der Waals surface area contributed by atoms with Crippen molar-refractivity contribution < 1.29 is 18.6 Å². The second-order valence-electron chi connectivity index (χ2n) is 3.97. The van der Waals surface area contributed by atoms with Gasteiger partial charge in [-0.3, -0.25) is 0 Å². The van der Waals surface area contributed by atoms with E-state index >= 15 is 0 Å². The average Bonchev–Trinajstić information content (AvgIpc) is 2.33. The summed E-state index contributed by atoms with van der Waals surface area (Å²) in [6, 6.07) is 8.05. The van der Waals surface area contributed by atoms with E-state index in [9.17, 15) is 8.78 Å². The SMILES string of the molecule is Cc1ccc(F)cc1Oc1cc(F)cc(CO)c1. The Balaban J connectivity index is 2.33. The molecule has 0 aliphatic carbocycles. The van der Waals surface area contributed by atoms with Crippen molar-refractivity contribution in [3.8, 4) is 11.5 Å². The molecule has 0 unspecified atom stereocenters. The summed E-state index contributed by atoms with van der Waals surface area (Å²) in [6.45, 7) is 1.48. The Labute approximate surface area is 103 Å². The normalized spacial score (nSPS) is 10.4. The monoisotopic (exact) mass is 250 g/mol. The first-order chi connectivity index (χ1) is 8.58. The molecule has 2 aromatic carbocycles. The molecular formula is C14H12F2O2. The third-order valence-electron chi connectivity index (χ3n) is 2.49. The number of aliphatic hydroxyl groups excluding tert-OH is 1. The molecule has 1 N–H and O–H groups in total. The van der Waals surface area contributed by atoms with Crippen LogP contribution in [0.25, 0.3) is 0 Å². The number of hydrogen-bond acceptors (Lipinski definition) is 2. The van der Waals surface area contributed by atoms with Crippen LogP contribution in [0.15, 0.2) is 36.4 Å². The fraction of sp³-hybridized carbons (Fsp3) is 0.143. The van der Waals surface area contributed by atoms with Gasteiger partial charge in [0.2, 0.25) is 0 Å². The molecule has 0 radical (unpaired) electrons. The number of halogens is 2. The fourth-order valence-electron chi connectivity index (χ4n) is 1.58. The second-order valence-corrected chi connectivity index (χ2v) is 3.97. The van der Waals surface area contributed by atoms with Crippen molar-refractivity contribution in [1.82, 2.24) is 0 Å². The van der Waals surface area contributed by atoms with E-state index < -0.39 is 11.6 Å². The van der Waals surface area contributed by atoms with Crippen LogP contribution in [0.5, 0.6) is 11.5 Å². The second kappa shape index (κ2) is 5.14. The van der Waals surface area contributed by atoms with Gasteiger partial charge in [-0.1, -0.05) is 6.07 Å². The van der Waals surface area contributed by atoms with Gasteiger partial charge in [0.25, 0.3) is 0 Å². The Morgan fingerprint density at radius 2 is 1.83 bits per heavy atom. The highest BCUT2D eigenvalue weighted by Crippen LogP contribution is 2.27. The van der Waals surface area contributed by atoms with Gasteiger partial charge in [-0.05, 0) is 36.2 Å². The number of rotatable bonds is 3. The lowest BCUT2D eigenvalue weighted by Gasteiger charge is -2.10. The first-order valence-corrected chi connectivity index (χ1v) is 5.43. The molecule has 18 heavy (non-hydrogen) atoms. The van der Waals surface area contributed by atoms with E-state index in [0.29, 0.717) is 11.3 Å². The lowest BCUT2D eigenvalue weighted by Crippen LogP contribution is -1.92. The van der Waals surface area contributed by atoms with Crippen LogP contribution in [0, 0.1) is 18.6 Å². The van der Waals surface area contributed by atoms with E-state index in [2.05, 4.69) is 0 Å². The van der Waals surface area contributed by atoms with Crippen molar-refractivity contribution in [2.45, 2.75) is 13.5 Å². The molecule has 0 amide bonds. The predicted molar refractivity (Wildman–Crippen MR) is 63.5 cm³/mol. The summed E-state index contributed by atoms with van der Waals surface area (Å²) in [6.07, 6.45) is 0. The Kier molecular flexibility index (Phi) is 3.58. The Morgan fingerprint density at radius 3 is 2.56 bits per heavy atom. The van der Waals surface area contributed by atoms with E-state index in [-0.39, 0.29) is 12.4 Å².